The lowest BCUT2D eigenvalue weighted by Gasteiger charge is -2.38. The molecule has 5 nitrogen and oxygen atoms in total. The van der Waals surface area contributed by atoms with Crippen molar-refractivity contribution in [1.29, 1.82) is 0 Å². The van der Waals surface area contributed by atoms with Gasteiger partial charge in [-0.1, -0.05) is 54.6 Å². The lowest BCUT2D eigenvalue weighted by Crippen LogP contribution is -2.56. The van der Waals surface area contributed by atoms with Gasteiger partial charge in [-0.3, -0.25) is 14.9 Å². The third kappa shape index (κ3) is 4.12. The first kappa shape index (κ1) is 18.6. The van der Waals surface area contributed by atoms with Crippen LogP contribution in [0.25, 0.3) is 11.1 Å². The smallest absolute Gasteiger partial charge is 0.262 e. The number of hydroxylamine groups is 1. The van der Waals surface area contributed by atoms with Crippen LogP contribution in [0.1, 0.15) is 31.2 Å². The zero-order valence-electron chi connectivity index (χ0n) is 15.1. The Morgan fingerprint density at radius 3 is 2.19 bits per heavy atom. The topological polar surface area (TPSA) is 78.6 Å². The van der Waals surface area contributed by atoms with E-state index < -0.39 is 11.9 Å². The molecule has 138 valence electrons. The summed E-state index contributed by atoms with van der Waals surface area (Å²) in [7, 11) is 0. The quantitative estimate of drug-likeness (QED) is 0.570. The summed E-state index contributed by atoms with van der Waals surface area (Å²) in [5, 5.41) is 8.95. The fourth-order valence-electron chi connectivity index (χ4n) is 3.89. The van der Waals surface area contributed by atoms with E-state index >= 15 is 0 Å². The Labute approximate surface area is 154 Å². The Balaban J connectivity index is 1.64. The highest BCUT2D eigenvalue weighted by Crippen LogP contribution is 2.30. The van der Waals surface area contributed by atoms with E-state index in [-0.39, 0.29) is 6.04 Å². The molecule has 0 spiro atoms. The van der Waals surface area contributed by atoms with Gasteiger partial charge < -0.3 is 5.73 Å². The molecule has 1 heterocycles. The van der Waals surface area contributed by atoms with E-state index in [1.165, 1.54) is 16.7 Å². The lowest BCUT2D eigenvalue weighted by atomic mass is 9.87. The van der Waals surface area contributed by atoms with Crippen LogP contribution in [0.2, 0.25) is 0 Å². The second-order valence-corrected chi connectivity index (χ2v) is 7.08. The molecular weight excluding hydrogens is 326 g/mol. The summed E-state index contributed by atoms with van der Waals surface area (Å²) in [6, 6.07) is 18.3. The highest BCUT2D eigenvalue weighted by atomic mass is 16.5. The standard InChI is InChI=1S/C21H27N3O2/c1-15(22)20(21(25)23-26)24-13-11-19(12-14-24)18-9-7-17(8-10-18)16-5-3-2-4-6-16/h2-10,15,19-20,26H,11-14,22H2,1H3,(H,23,25). The minimum absolute atomic E-state index is 0.330. The Kier molecular flexibility index (Phi) is 6.04. The van der Waals surface area contributed by atoms with Gasteiger partial charge in [0.2, 0.25) is 0 Å². The summed E-state index contributed by atoms with van der Waals surface area (Å²) in [5.41, 5.74) is 11.5. The van der Waals surface area contributed by atoms with Crippen molar-refractivity contribution in [3.63, 3.8) is 0 Å². The van der Waals surface area contributed by atoms with Crippen LogP contribution in [0.4, 0.5) is 0 Å². The van der Waals surface area contributed by atoms with E-state index in [2.05, 4.69) is 53.4 Å². The van der Waals surface area contributed by atoms with Crippen molar-refractivity contribution in [2.45, 2.75) is 37.8 Å². The maximum Gasteiger partial charge on any atom is 0.262 e. The summed E-state index contributed by atoms with van der Waals surface area (Å²) in [4.78, 5) is 14.0. The summed E-state index contributed by atoms with van der Waals surface area (Å²) in [5.74, 6) is 0.0626. The number of nitrogens with one attached hydrogen (secondary N) is 1. The van der Waals surface area contributed by atoms with E-state index in [0.717, 1.165) is 25.9 Å². The number of carbonyl (C=O) groups excluding carboxylic acids is 1. The van der Waals surface area contributed by atoms with Crippen molar-refractivity contribution >= 4 is 5.91 Å². The fraction of sp³-hybridized carbons (Fsp3) is 0.381. The molecule has 1 saturated heterocycles. The second kappa shape index (κ2) is 8.45. The van der Waals surface area contributed by atoms with E-state index in [0.29, 0.717) is 5.92 Å². The van der Waals surface area contributed by atoms with Gasteiger partial charge in [0.1, 0.15) is 6.04 Å². The Hall–Kier alpha value is -2.21. The van der Waals surface area contributed by atoms with Crippen LogP contribution in [0.3, 0.4) is 0 Å². The molecule has 5 heteroatoms. The molecule has 2 aromatic rings. The number of rotatable bonds is 5. The van der Waals surface area contributed by atoms with Gasteiger partial charge in [-0.2, -0.15) is 0 Å². The van der Waals surface area contributed by atoms with Gasteiger partial charge in [0.25, 0.3) is 5.91 Å². The van der Waals surface area contributed by atoms with Crippen LogP contribution >= 0.6 is 0 Å². The van der Waals surface area contributed by atoms with Gasteiger partial charge in [0.05, 0.1) is 0 Å². The molecule has 0 aliphatic carbocycles. The molecule has 26 heavy (non-hydrogen) atoms. The summed E-state index contributed by atoms with van der Waals surface area (Å²) in [6.07, 6.45) is 1.96. The minimum Gasteiger partial charge on any atom is -0.326 e. The summed E-state index contributed by atoms with van der Waals surface area (Å²) < 4.78 is 0. The largest absolute Gasteiger partial charge is 0.326 e. The zero-order chi connectivity index (χ0) is 18.5. The first-order chi connectivity index (χ1) is 12.6. The molecule has 1 aliphatic heterocycles. The fourth-order valence-corrected chi connectivity index (χ4v) is 3.89. The molecule has 2 aromatic carbocycles. The van der Waals surface area contributed by atoms with Crippen molar-refractivity contribution in [3.05, 3.63) is 60.2 Å². The molecule has 3 rings (SSSR count). The van der Waals surface area contributed by atoms with Gasteiger partial charge in [-0.15, -0.1) is 0 Å². The first-order valence-corrected chi connectivity index (χ1v) is 9.19. The molecule has 1 fully saturated rings. The maximum absolute atomic E-state index is 11.9. The number of hydrogen-bond donors (Lipinski definition) is 3. The Bertz CT molecular complexity index is 708. The number of carbonyl (C=O) groups is 1. The molecule has 0 radical (unpaired) electrons. The van der Waals surface area contributed by atoms with Crippen molar-refractivity contribution in [2.24, 2.45) is 5.73 Å². The van der Waals surface area contributed by atoms with Crippen LogP contribution in [0, 0.1) is 0 Å². The average molecular weight is 353 g/mol. The van der Waals surface area contributed by atoms with Gasteiger partial charge in [0, 0.05) is 6.04 Å². The molecule has 1 amide bonds. The van der Waals surface area contributed by atoms with E-state index in [1.54, 1.807) is 12.4 Å². The second-order valence-electron chi connectivity index (χ2n) is 7.08. The van der Waals surface area contributed by atoms with E-state index in [4.69, 9.17) is 10.9 Å². The molecule has 2 atom stereocenters. The number of piperidine rings is 1. The third-order valence-corrected chi connectivity index (χ3v) is 5.29. The minimum atomic E-state index is -0.485. The third-order valence-electron chi connectivity index (χ3n) is 5.29. The average Bonchev–Trinajstić information content (AvgIpc) is 2.69. The molecule has 0 bridgehead atoms. The van der Waals surface area contributed by atoms with Gasteiger partial charge >= 0.3 is 0 Å². The molecule has 0 aromatic heterocycles. The van der Waals surface area contributed by atoms with Crippen molar-refractivity contribution in [1.82, 2.24) is 10.4 Å². The first-order valence-electron chi connectivity index (χ1n) is 9.19. The maximum atomic E-state index is 11.9. The predicted octanol–water partition coefficient (Wildman–Crippen LogP) is 2.75. The predicted molar refractivity (Wildman–Crippen MR) is 103 cm³/mol. The van der Waals surface area contributed by atoms with Crippen LogP contribution < -0.4 is 11.2 Å². The van der Waals surface area contributed by atoms with Gasteiger partial charge in [-0.05, 0) is 55.5 Å². The van der Waals surface area contributed by atoms with Crippen molar-refractivity contribution in [3.8, 4) is 11.1 Å². The molecule has 2 unspecified atom stereocenters. The highest BCUT2D eigenvalue weighted by molar-refractivity contribution is 5.81. The monoisotopic (exact) mass is 353 g/mol. The van der Waals surface area contributed by atoms with E-state index in [1.807, 2.05) is 6.07 Å². The zero-order valence-corrected chi connectivity index (χ0v) is 15.1. The van der Waals surface area contributed by atoms with Crippen molar-refractivity contribution < 1.29 is 10.0 Å². The number of amides is 1. The number of nitrogens with zero attached hydrogens (tertiary/aromatic N) is 1. The Morgan fingerprint density at radius 2 is 1.65 bits per heavy atom. The number of nitrogens with two attached hydrogens (primary N) is 1. The van der Waals surface area contributed by atoms with Crippen molar-refractivity contribution in [2.75, 3.05) is 13.1 Å². The lowest BCUT2D eigenvalue weighted by molar-refractivity contribution is -0.136. The number of benzene rings is 2. The van der Waals surface area contributed by atoms with Gasteiger partial charge in [-0.25, -0.2) is 5.48 Å². The van der Waals surface area contributed by atoms with Crippen LogP contribution in [-0.4, -0.2) is 41.2 Å². The molecular formula is C21H27N3O2. The molecule has 4 N–H and O–H groups in total. The Morgan fingerprint density at radius 1 is 1.08 bits per heavy atom. The van der Waals surface area contributed by atoms with Gasteiger partial charge in [0.15, 0.2) is 0 Å². The van der Waals surface area contributed by atoms with E-state index in [9.17, 15) is 4.79 Å². The van der Waals surface area contributed by atoms with Crippen LogP contribution in [0.15, 0.2) is 54.6 Å². The normalized spacial score (nSPS) is 18.3. The number of hydrogen-bond acceptors (Lipinski definition) is 4. The summed E-state index contributed by atoms with van der Waals surface area (Å²) >= 11 is 0. The van der Waals surface area contributed by atoms with Crippen LogP contribution in [0.5, 0.6) is 0 Å². The summed E-state index contributed by atoms with van der Waals surface area (Å²) in [6.45, 7) is 3.39. The SMILES string of the molecule is CC(N)C(C(=O)NO)N1CCC(c2ccc(-c3ccccc3)cc2)CC1. The number of likely N-dealkylation sites (tertiary alicyclic amines) is 1. The molecule has 1 aliphatic rings. The molecule has 0 saturated carbocycles. The highest BCUT2D eigenvalue weighted by Gasteiger charge is 2.32. The van der Waals surface area contributed by atoms with Crippen LogP contribution in [-0.2, 0) is 4.79 Å².